The van der Waals surface area contributed by atoms with Crippen molar-refractivity contribution in [3.05, 3.63) is 35.0 Å². The number of amides is 3. The summed E-state index contributed by atoms with van der Waals surface area (Å²) in [6, 6.07) is 4.64. The summed E-state index contributed by atoms with van der Waals surface area (Å²) in [5, 5.41) is 2.95. The van der Waals surface area contributed by atoms with Crippen LogP contribution in [0.4, 0.5) is 4.79 Å². The van der Waals surface area contributed by atoms with Crippen molar-refractivity contribution in [1.82, 2.24) is 15.1 Å². The van der Waals surface area contributed by atoms with E-state index in [4.69, 9.17) is 9.47 Å². The van der Waals surface area contributed by atoms with E-state index in [9.17, 15) is 9.59 Å². The van der Waals surface area contributed by atoms with E-state index in [0.717, 1.165) is 17.8 Å². The maximum absolute atomic E-state index is 13.1. The Morgan fingerprint density at radius 1 is 1.19 bits per heavy atom. The van der Waals surface area contributed by atoms with Gasteiger partial charge < -0.3 is 19.7 Å². The first-order valence-electron chi connectivity index (χ1n) is 8.82. The quantitative estimate of drug-likeness (QED) is 0.874. The number of nitrogens with zero attached hydrogens (tertiary/aromatic N) is 2. The highest BCUT2D eigenvalue weighted by atomic mass is 16.5. The van der Waals surface area contributed by atoms with Crippen LogP contribution in [-0.2, 0) is 4.79 Å². The third kappa shape index (κ3) is 2.67. The van der Waals surface area contributed by atoms with Crippen LogP contribution in [0.2, 0.25) is 0 Å². The van der Waals surface area contributed by atoms with E-state index in [0.29, 0.717) is 29.5 Å². The van der Waals surface area contributed by atoms with Crippen molar-refractivity contribution in [2.24, 2.45) is 5.92 Å². The van der Waals surface area contributed by atoms with Crippen molar-refractivity contribution in [3.8, 4) is 11.5 Å². The predicted molar refractivity (Wildman–Crippen MR) is 94.9 cm³/mol. The molecule has 7 nitrogen and oxygen atoms in total. The summed E-state index contributed by atoms with van der Waals surface area (Å²) < 4.78 is 10.8. The molecule has 1 saturated carbocycles. The van der Waals surface area contributed by atoms with E-state index in [2.05, 4.69) is 5.32 Å². The van der Waals surface area contributed by atoms with Crippen molar-refractivity contribution in [2.45, 2.75) is 18.9 Å². The van der Waals surface area contributed by atoms with E-state index in [1.54, 1.807) is 38.3 Å². The minimum absolute atomic E-state index is 0.00590. The maximum atomic E-state index is 13.1. The molecule has 1 fully saturated rings. The maximum Gasteiger partial charge on any atom is 0.322 e. The predicted octanol–water partition coefficient (Wildman–Crippen LogP) is 1.91. The number of benzene rings is 1. The van der Waals surface area contributed by atoms with Gasteiger partial charge in [0.2, 0.25) is 0 Å². The number of rotatable bonds is 5. The Hall–Kier alpha value is -2.70. The van der Waals surface area contributed by atoms with E-state index in [1.807, 2.05) is 11.0 Å². The van der Waals surface area contributed by atoms with Crippen molar-refractivity contribution in [1.29, 1.82) is 0 Å². The minimum atomic E-state index is -0.546. The average molecular weight is 357 g/mol. The third-order valence-corrected chi connectivity index (χ3v) is 5.36. The molecule has 4 rings (SSSR count). The molecule has 0 saturated heterocycles. The fourth-order valence-electron chi connectivity index (χ4n) is 3.68. The van der Waals surface area contributed by atoms with Gasteiger partial charge in [-0.3, -0.25) is 9.69 Å². The standard InChI is InChI=1S/C19H23N3O4/c1-21-14-10-22(9-11-4-5-11)18(23)16(14)17(20-19(21)24)13-8-12(25-2)6-7-15(13)26-3/h6-8,11,17H,4-5,9-10H2,1-3H3,(H,20,24)/t17-/m0/s1. The molecule has 0 bridgehead atoms. The SMILES string of the molecule is COc1ccc(OC)c([C@@H]2NC(=O)N(C)C3=C2C(=O)N(CC2CC2)C3)c1. The molecule has 1 aromatic rings. The molecule has 0 aromatic heterocycles. The first-order chi connectivity index (χ1) is 12.5. The molecule has 0 unspecified atom stereocenters. The van der Waals surface area contributed by atoms with Crippen LogP contribution in [0.25, 0.3) is 0 Å². The lowest BCUT2D eigenvalue weighted by Crippen LogP contribution is -2.45. The Kier molecular flexibility index (Phi) is 4.01. The summed E-state index contributed by atoms with van der Waals surface area (Å²) in [4.78, 5) is 29.0. The van der Waals surface area contributed by atoms with Gasteiger partial charge in [0.05, 0.1) is 38.1 Å². The lowest BCUT2D eigenvalue weighted by atomic mass is 9.94. The van der Waals surface area contributed by atoms with Crippen LogP contribution in [0.1, 0.15) is 24.4 Å². The summed E-state index contributed by atoms with van der Waals surface area (Å²) in [7, 11) is 4.87. The molecular weight excluding hydrogens is 334 g/mol. The van der Waals surface area contributed by atoms with E-state index >= 15 is 0 Å². The Balaban J connectivity index is 1.76. The van der Waals surface area contributed by atoms with E-state index in [1.165, 1.54) is 12.8 Å². The number of hydrogen-bond donors (Lipinski definition) is 1. The molecule has 0 radical (unpaired) electrons. The highest BCUT2D eigenvalue weighted by molar-refractivity contribution is 6.01. The summed E-state index contributed by atoms with van der Waals surface area (Å²) >= 11 is 0. The Morgan fingerprint density at radius 3 is 2.62 bits per heavy atom. The van der Waals surface area contributed by atoms with Gasteiger partial charge in [-0.25, -0.2) is 4.79 Å². The van der Waals surface area contributed by atoms with Gasteiger partial charge in [0, 0.05) is 19.2 Å². The van der Waals surface area contributed by atoms with Gasteiger partial charge in [0.25, 0.3) is 5.91 Å². The summed E-state index contributed by atoms with van der Waals surface area (Å²) in [5.41, 5.74) is 2.12. The number of carbonyl (C=O) groups is 2. The molecular formula is C19H23N3O4. The van der Waals surface area contributed by atoms with Crippen LogP contribution in [0.15, 0.2) is 29.5 Å². The molecule has 1 aromatic carbocycles. The number of hydrogen-bond acceptors (Lipinski definition) is 4. The van der Waals surface area contributed by atoms with E-state index in [-0.39, 0.29) is 11.9 Å². The lowest BCUT2D eigenvalue weighted by molar-refractivity contribution is -0.126. The normalized spacial score (nSPS) is 22.5. The van der Waals surface area contributed by atoms with Crippen molar-refractivity contribution in [2.75, 3.05) is 34.4 Å². The molecule has 26 heavy (non-hydrogen) atoms. The molecule has 1 aliphatic carbocycles. The molecule has 1 atom stereocenters. The highest BCUT2D eigenvalue weighted by Gasteiger charge is 2.44. The summed E-state index contributed by atoms with van der Waals surface area (Å²) in [6.45, 7) is 1.24. The molecule has 0 spiro atoms. The lowest BCUT2D eigenvalue weighted by Gasteiger charge is -2.31. The second-order valence-electron chi connectivity index (χ2n) is 7.04. The Labute approximate surface area is 152 Å². The second kappa shape index (κ2) is 6.23. The first-order valence-corrected chi connectivity index (χ1v) is 8.82. The van der Waals surface area contributed by atoms with E-state index < -0.39 is 6.04 Å². The second-order valence-corrected chi connectivity index (χ2v) is 7.04. The molecule has 3 amide bonds. The highest BCUT2D eigenvalue weighted by Crippen LogP contribution is 2.41. The van der Waals surface area contributed by atoms with Gasteiger partial charge in [0.15, 0.2) is 0 Å². The smallest absolute Gasteiger partial charge is 0.322 e. The topological polar surface area (TPSA) is 71.1 Å². The van der Waals surface area contributed by atoms with Crippen LogP contribution < -0.4 is 14.8 Å². The molecule has 1 N–H and O–H groups in total. The van der Waals surface area contributed by atoms with Crippen LogP contribution in [0.5, 0.6) is 11.5 Å². The zero-order valence-corrected chi connectivity index (χ0v) is 15.2. The number of urea groups is 1. The van der Waals surface area contributed by atoms with Crippen molar-refractivity contribution in [3.63, 3.8) is 0 Å². The van der Waals surface area contributed by atoms with Crippen molar-refractivity contribution < 1.29 is 19.1 Å². The molecule has 3 aliphatic rings. The van der Waals surface area contributed by atoms with Gasteiger partial charge in [-0.2, -0.15) is 0 Å². The summed E-state index contributed by atoms with van der Waals surface area (Å²) in [6.07, 6.45) is 2.35. The van der Waals surface area contributed by atoms with Gasteiger partial charge >= 0.3 is 6.03 Å². The number of nitrogens with one attached hydrogen (secondary N) is 1. The monoisotopic (exact) mass is 357 g/mol. The average Bonchev–Trinajstić information content (AvgIpc) is 3.41. The van der Waals surface area contributed by atoms with Crippen LogP contribution in [0.3, 0.4) is 0 Å². The van der Waals surface area contributed by atoms with Gasteiger partial charge in [-0.15, -0.1) is 0 Å². The van der Waals surface area contributed by atoms with Gasteiger partial charge in [-0.05, 0) is 37.0 Å². The number of methoxy groups -OCH3 is 2. The number of ether oxygens (including phenoxy) is 2. The molecule has 2 heterocycles. The zero-order chi connectivity index (χ0) is 18.4. The van der Waals surface area contributed by atoms with Crippen LogP contribution in [0, 0.1) is 5.92 Å². The van der Waals surface area contributed by atoms with Crippen molar-refractivity contribution >= 4 is 11.9 Å². The molecule has 7 heteroatoms. The fourth-order valence-corrected chi connectivity index (χ4v) is 3.68. The fraction of sp³-hybridized carbons (Fsp3) is 0.474. The largest absolute Gasteiger partial charge is 0.497 e. The Bertz CT molecular complexity index is 800. The molecule has 2 aliphatic heterocycles. The third-order valence-electron chi connectivity index (χ3n) is 5.36. The number of likely N-dealkylation sites (N-methyl/N-ethyl adjacent to an activating group) is 1. The number of carbonyl (C=O) groups excluding carboxylic acids is 2. The van der Waals surface area contributed by atoms with Crippen LogP contribution >= 0.6 is 0 Å². The first kappa shape index (κ1) is 16.8. The Morgan fingerprint density at radius 2 is 1.96 bits per heavy atom. The summed E-state index contributed by atoms with van der Waals surface area (Å²) in [5.74, 6) is 1.85. The molecule has 138 valence electrons. The minimum Gasteiger partial charge on any atom is -0.497 e. The zero-order valence-electron chi connectivity index (χ0n) is 15.2. The van der Waals surface area contributed by atoms with Gasteiger partial charge in [0.1, 0.15) is 11.5 Å². The van der Waals surface area contributed by atoms with Crippen LogP contribution in [-0.4, -0.2) is 56.1 Å². The van der Waals surface area contributed by atoms with Gasteiger partial charge in [-0.1, -0.05) is 0 Å².